The number of rotatable bonds is 6. The molecular weight excluding hydrogens is 283 g/mol. The summed E-state index contributed by atoms with van der Waals surface area (Å²) < 4.78 is 36.8. The van der Waals surface area contributed by atoms with Crippen molar-refractivity contribution < 1.29 is 23.1 Å². The zero-order chi connectivity index (χ0) is 14.5. The molecule has 1 aromatic carbocycles. The van der Waals surface area contributed by atoms with Crippen LogP contribution in [0, 0.1) is 0 Å². The van der Waals surface area contributed by atoms with Gasteiger partial charge in [-0.05, 0) is 24.3 Å². The number of hydrogen-bond donors (Lipinski definition) is 1. The van der Waals surface area contributed by atoms with Gasteiger partial charge in [-0.1, -0.05) is 11.6 Å². The fourth-order valence-electron chi connectivity index (χ4n) is 1.54. The molecule has 0 saturated heterocycles. The van der Waals surface area contributed by atoms with Crippen molar-refractivity contribution in [3.63, 3.8) is 0 Å². The van der Waals surface area contributed by atoms with Gasteiger partial charge >= 0.3 is 6.18 Å². The molecule has 7 heteroatoms. The molecule has 3 nitrogen and oxygen atoms in total. The van der Waals surface area contributed by atoms with Crippen molar-refractivity contribution in [3.8, 4) is 0 Å². The number of benzene rings is 1. The van der Waals surface area contributed by atoms with Gasteiger partial charge in [0.05, 0.1) is 19.7 Å². The lowest BCUT2D eigenvalue weighted by molar-refractivity contribution is -0.145. The van der Waals surface area contributed by atoms with Gasteiger partial charge in [0.15, 0.2) is 5.78 Å². The van der Waals surface area contributed by atoms with E-state index in [-0.39, 0.29) is 12.1 Å². The van der Waals surface area contributed by atoms with E-state index in [2.05, 4.69) is 0 Å². The predicted octanol–water partition coefficient (Wildman–Crippen LogP) is 2.38. The van der Waals surface area contributed by atoms with Crippen LogP contribution in [0.3, 0.4) is 0 Å². The number of aliphatic hydroxyl groups is 1. The summed E-state index contributed by atoms with van der Waals surface area (Å²) in [6.45, 7) is -2.28. The maximum absolute atomic E-state index is 12.3. The van der Waals surface area contributed by atoms with Crippen LogP contribution < -0.4 is 0 Å². The summed E-state index contributed by atoms with van der Waals surface area (Å²) in [4.78, 5) is 12.7. The fraction of sp³-hybridized carbons (Fsp3) is 0.417. The maximum Gasteiger partial charge on any atom is 0.401 e. The molecular formula is C12H13ClF3NO2. The first-order chi connectivity index (χ1) is 8.81. The second-order valence-corrected chi connectivity index (χ2v) is 4.42. The average molecular weight is 296 g/mol. The zero-order valence-electron chi connectivity index (χ0n) is 9.95. The first-order valence-electron chi connectivity index (χ1n) is 5.50. The van der Waals surface area contributed by atoms with E-state index in [9.17, 15) is 18.0 Å². The molecule has 0 heterocycles. The number of alkyl halides is 3. The van der Waals surface area contributed by atoms with Crippen LogP contribution in [0.5, 0.6) is 0 Å². The Balaban J connectivity index is 2.68. The van der Waals surface area contributed by atoms with Gasteiger partial charge in [-0.25, -0.2) is 0 Å². The third-order valence-electron chi connectivity index (χ3n) is 2.35. The Hall–Kier alpha value is -1.11. The first-order valence-corrected chi connectivity index (χ1v) is 5.88. The van der Waals surface area contributed by atoms with Crippen LogP contribution in [0.15, 0.2) is 24.3 Å². The average Bonchev–Trinajstić information content (AvgIpc) is 2.27. The van der Waals surface area contributed by atoms with Crippen LogP contribution in [-0.2, 0) is 0 Å². The molecule has 106 valence electrons. The monoisotopic (exact) mass is 295 g/mol. The number of hydrogen-bond acceptors (Lipinski definition) is 3. The van der Waals surface area contributed by atoms with Crippen LogP contribution in [-0.4, -0.2) is 48.2 Å². The van der Waals surface area contributed by atoms with Gasteiger partial charge in [-0.2, -0.15) is 13.2 Å². The van der Waals surface area contributed by atoms with E-state index in [4.69, 9.17) is 16.7 Å². The molecule has 0 aliphatic carbocycles. The number of carbonyl (C=O) groups excluding carboxylic acids is 1. The number of ketones is 1. The van der Waals surface area contributed by atoms with Crippen LogP contribution in [0.4, 0.5) is 13.2 Å². The highest BCUT2D eigenvalue weighted by Gasteiger charge is 2.31. The highest BCUT2D eigenvalue weighted by molar-refractivity contribution is 6.30. The van der Waals surface area contributed by atoms with Gasteiger partial charge in [0, 0.05) is 17.1 Å². The zero-order valence-corrected chi connectivity index (χ0v) is 10.7. The van der Waals surface area contributed by atoms with Gasteiger partial charge < -0.3 is 5.11 Å². The van der Waals surface area contributed by atoms with Crippen LogP contribution in [0.1, 0.15) is 10.4 Å². The Morgan fingerprint density at radius 1 is 1.26 bits per heavy atom. The van der Waals surface area contributed by atoms with Crippen molar-refractivity contribution in [1.82, 2.24) is 4.90 Å². The third kappa shape index (κ3) is 6.04. The van der Waals surface area contributed by atoms with Crippen LogP contribution >= 0.6 is 11.6 Å². The molecule has 0 aliphatic heterocycles. The summed E-state index contributed by atoms with van der Waals surface area (Å²) in [5.74, 6) is -0.450. The molecule has 0 atom stereocenters. The summed E-state index contributed by atoms with van der Waals surface area (Å²) in [5, 5.41) is 9.16. The first kappa shape index (κ1) is 15.9. The Kier molecular flexibility index (Phi) is 5.78. The summed E-state index contributed by atoms with van der Waals surface area (Å²) in [6, 6.07) is 5.90. The number of carbonyl (C=O) groups is 1. The molecule has 0 spiro atoms. The topological polar surface area (TPSA) is 40.5 Å². The smallest absolute Gasteiger partial charge is 0.395 e. The van der Waals surface area contributed by atoms with E-state index in [1.165, 1.54) is 24.3 Å². The molecule has 1 N–H and O–H groups in total. The highest BCUT2D eigenvalue weighted by Crippen LogP contribution is 2.17. The number of aliphatic hydroxyl groups excluding tert-OH is 1. The standard InChI is InChI=1S/C12H13ClF3NO2/c13-10-3-1-9(2-4-10)11(19)7-17(5-6-18)8-12(14,15)16/h1-4,18H,5-8H2. The van der Waals surface area contributed by atoms with E-state index in [0.29, 0.717) is 5.02 Å². The molecule has 0 aromatic heterocycles. The Morgan fingerprint density at radius 2 is 1.84 bits per heavy atom. The van der Waals surface area contributed by atoms with E-state index >= 15 is 0 Å². The highest BCUT2D eigenvalue weighted by atomic mass is 35.5. The molecule has 0 amide bonds. The van der Waals surface area contributed by atoms with Crippen molar-refractivity contribution in [1.29, 1.82) is 0 Å². The second-order valence-electron chi connectivity index (χ2n) is 3.98. The molecule has 19 heavy (non-hydrogen) atoms. The van der Waals surface area contributed by atoms with Gasteiger partial charge in [0.1, 0.15) is 0 Å². The van der Waals surface area contributed by atoms with Crippen molar-refractivity contribution >= 4 is 17.4 Å². The van der Waals surface area contributed by atoms with Gasteiger partial charge in [-0.3, -0.25) is 9.69 Å². The van der Waals surface area contributed by atoms with Crippen LogP contribution in [0.2, 0.25) is 5.02 Å². The Morgan fingerprint density at radius 3 is 2.32 bits per heavy atom. The lowest BCUT2D eigenvalue weighted by Gasteiger charge is -2.21. The van der Waals surface area contributed by atoms with Crippen molar-refractivity contribution in [3.05, 3.63) is 34.9 Å². The van der Waals surface area contributed by atoms with E-state index < -0.39 is 31.7 Å². The minimum atomic E-state index is -4.41. The summed E-state index contributed by atoms with van der Waals surface area (Å²) in [7, 11) is 0. The summed E-state index contributed by atoms with van der Waals surface area (Å²) in [6.07, 6.45) is -4.41. The molecule has 0 unspecified atom stereocenters. The van der Waals surface area contributed by atoms with Gasteiger partial charge in [0.2, 0.25) is 0 Å². The number of nitrogens with zero attached hydrogens (tertiary/aromatic N) is 1. The molecule has 0 radical (unpaired) electrons. The maximum atomic E-state index is 12.3. The normalized spacial score (nSPS) is 11.9. The van der Waals surface area contributed by atoms with E-state index in [1.54, 1.807) is 0 Å². The van der Waals surface area contributed by atoms with Gasteiger partial charge in [-0.15, -0.1) is 0 Å². The van der Waals surface area contributed by atoms with E-state index in [1.807, 2.05) is 0 Å². The van der Waals surface area contributed by atoms with Crippen molar-refractivity contribution in [2.24, 2.45) is 0 Å². The molecule has 1 rings (SSSR count). The van der Waals surface area contributed by atoms with E-state index in [0.717, 1.165) is 4.90 Å². The lowest BCUT2D eigenvalue weighted by Crippen LogP contribution is -2.39. The van der Waals surface area contributed by atoms with Crippen molar-refractivity contribution in [2.45, 2.75) is 6.18 Å². The minimum Gasteiger partial charge on any atom is -0.395 e. The fourth-order valence-corrected chi connectivity index (χ4v) is 1.67. The number of halogens is 4. The Bertz CT molecular complexity index is 420. The lowest BCUT2D eigenvalue weighted by atomic mass is 10.1. The quantitative estimate of drug-likeness (QED) is 0.819. The molecule has 0 fully saturated rings. The molecule has 0 saturated carbocycles. The predicted molar refractivity (Wildman–Crippen MR) is 65.4 cm³/mol. The molecule has 1 aromatic rings. The van der Waals surface area contributed by atoms with Gasteiger partial charge in [0.25, 0.3) is 0 Å². The minimum absolute atomic E-state index is 0.209. The largest absolute Gasteiger partial charge is 0.401 e. The second kappa shape index (κ2) is 6.88. The van der Waals surface area contributed by atoms with Crippen LogP contribution in [0.25, 0.3) is 0 Å². The Labute approximate surface area is 113 Å². The molecule has 0 bridgehead atoms. The third-order valence-corrected chi connectivity index (χ3v) is 2.60. The summed E-state index contributed by atoms with van der Waals surface area (Å²) in [5.41, 5.74) is 0.287. The molecule has 0 aliphatic rings. The van der Waals surface area contributed by atoms with Crippen molar-refractivity contribution in [2.75, 3.05) is 26.2 Å². The number of Topliss-reactive ketones (excluding diaryl/α,β-unsaturated/α-hetero) is 1. The SMILES string of the molecule is O=C(CN(CCO)CC(F)(F)F)c1ccc(Cl)cc1. The summed E-state index contributed by atoms with van der Waals surface area (Å²) >= 11 is 5.66.